The summed E-state index contributed by atoms with van der Waals surface area (Å²) in [5, 5.41) is 2.04. The fraction of sp³-hybridized carbons (Fsp3) is 0.308. The highest BCUT2D eigenvalue weighted by Crippen LogP contribution is 2.21. The summed E-state index contributed by atoms with van der Waals surface area (Å²) in [5.41, 5.74) is 0. The van der Waals surface area contributed by atoms with Crippen LogP contribution in [0.5, 0.6) is 0 Å². The summed E-state index contributed by atoms with van der Waals surface area (Å²) in [6.07, 6.45) is 3.71. The lowest BCUT2D eigenvalue weighted by molar-refractivity contribution is 0.601. The molecule has 4 nitrogen and oxygen atoms in total. The molecule has 102 valence electrons. The van der Waals surface area contributed by atoms with Gasteiger partial charge in [0.15, 0.2) is 9.84 Å². The van der Waals surface area contributed by atoms with Crippen molar-refractivity contribution in [1.29, 1.82) is 0 Å². The molecule has 0 unspecified atom stereocenters. The van der Waals surface area contributed by atoms with Crippen molar-refractivity contribution in [2.45, 2.75) is 11.3 Å². The maximum atomic E-state index is 11.7. The van der Waals surface area contributed by atoms with E-state index in [0.717, 1.165) is 13.0 Å². The van der Waals surface area contributed by atoms with Crippen LogP contribution in [0.1, 0.15) is 4.88 Å². The maximum absolute atomic E-state index is 11.7. The summed E-state index contributed by atoms with van der Waals surface area (Å²) < 4.78 is 23.5. The number of hydrogen-bond donors (Lipinski definition) is 0. The Morgan fingerprint density at radius 2 is 2.11 bits per heavy atom. The predicted octanol–water partition coefficient (Wildman–Crippen LogP) is 2.23. The molecule has 2 rings (SSSR count). The highest BCUT2D eigenvalue weighted by atomic mass is 32.2. The first-order chi connectivity index (χ1) is 8.98. The Balaban J connectivity index is 2.17. The number of rotatable bonds is 5. The van der Waals surface area contributed by atoms with E-state index in [2.05, 4.69) is 11.1 Å². The van der Waals surface area contributed by atoms with E-state index in [0.29, 0.717) is 5.82 Å². The molecule has 0 fully saturated rings. The van der Waals surface area contributed by atoms with Gasteiger partial charge in [0.25, 0.3) is 0 Å². The molecule has 0 spiro atoms. The molecule has 0 radical (unpaired) electrons. The van der Waals surface area contributed by atoms with Crippen molar-refractivity contribution in [3.05, 3.63) is 40.7 Å². The van der Waals surface area contributed by atoms with Gasteiger partial charge in [-0.2, -0.15) is 0 Å². The van der Waals surface area contributed by atoms with Gasteiger partial charge in [-0.15, -0.1) is 11.3 Å². The van der Waals surface area contributed by atoms with Crippen molar-refractivity contribution < 1.29 is 8.42 Å². The Morgan fingerprint density at radius 3 is 2.74 bits per heavy atom. The summed E-state index contributed by atoms with van der Waals surface area (Å²) in [4.78, 5) is 7.64. The van der Waals surface area contributed by atoms with Gasteiger partial charge in [-0.25, -0.2) is 13.4 Å². The van der Waals surface area contributed by atoms with Crippen molar-refractivity contribution in [2.75, 3.05) is 24.7 Å². The van der Waals surface area contributed by atoms with E-state index in [9.17, 15) is 8.42 Å². The van der Waals surface area contributed by atoms with Crippen LogP contribution in [0, 0.1) is 0 Å². The van der Waals surface area contributed by atoms with Crippen LogP contribution in [0.25, 0.3) is 0 Å². The van der Waals surface area contributed by atoms with Crippen LogP contribution < -0.4 is 4.90 Å². The molecule has 0 aliphatic heterocycles. The van der Waals surface area contributed by atoms with E-state index in [1.165, 1.54) is 11.1 Å². The van der Waals surface area contributed by atoms with Crippen molar-refractivity contribution in [3.8, 4) is 0 Å². The zero-order chi connectivity index (χ0) is 13.9. The van der Waals surface area contributed by atoms with Gasteiger partial charge < -0.3 is 4.90 Å². The summed E-state index contributed by atoms with van der Waals surface area (Å²) in [5.74, 6) is 0.515. The summed E-state index contributed by atoms with van der Waals surface area (Å²) in [6.45, 7) is 0.736. The third-order valence-corrected chi connectivity index (χ3v) is 4.84. The van der Waals surface area contributed by atoms with Crippen molar-refractivity contribution in [3.63, 3.8) is 0 Å². The molecule has 0 atom stereocenters. The van der Waals surface area contributed by atoms with Gasteiger partial charge in [-0.3, -0.25) is 0 Å². The van der Waals surface area contributed by atoms with Gasteiger partial charge in [0.05, 0.1) is 0 Å². The Morgan fingerprint density at radius 1 is 1.32 bits per heavy atom. The van der Waals surface area contributed by atoms with Crippen LogP contribution in [-0.4, -0.2) is 33.2 Å². The molecule has 0 bridgehead atoms. The van der Waals surface area contributed by atoms with Crippen molar-refractivity contribution in [2.24, 2.45) is 0 Å². The third-order valence-electron chi connectivity index (χ3n) is 2.79. The van der Waals surface area contributed by atoms with E-state index in [1.807, 2.05) is 23.4 Å². The van der Waals surface area contributed by atoms with Gasteiger partial charge in [-0.1, -0.05) is 6.07 Å². The van der Waals surface area contributed by atoms with E-state index in [4.69, 9.17) is 0 Å². The summed E-state index contributed by atoms with van der Waals surface area (Å²) in [7, 11) is -1.39. The van der Waals surface area contributed by atoms with E-state index >= 15 is 0 Å². The molecule has 2 aromatic rings. The molecule has 2 aromatic heterocycles. The minimum Gasteiger partial charge on any atom is -0.358 e. The second-order valence-electron chi connectivity index (χ2n) is 4.35. The minimum absolute atomic E-state index is 0.281. The highest BCUT2D eigenvalue weighted by Gasteiger charge is 2.16. The molecule has 0 N–H and O–H groups in total. The number of likely N-dealkylation sites (N-methyl/N-ethyl adjacent to an activating group) is 1. The lowest BCUT2D eigenvalue weighted by Crippen LogP contribution is -2.23. The molecule has 19 heavy (non-hydrogen) atoms. The smallest absolute Gasteiger partial charge is 0.179 e. The molecule has 0 saturated carbocycles. The van der Waals surface area contributed by atoms with Crippen molar-refractivity contribution >= 4 is 27.0 Å². The molecule has 0 amide bonds. The first kappa shape index (κ1) is 14.0. The first-order valence-corrected chi connectivity index (χ1v) is 8.64. The van der Waals surface area contributed by atoms with E-state index in [-0.39, 0.29) is 4.90 Å². The second-order valence-corrected chi connectivity index (χ2v) is 7.36. The molecule has 0 aliphatic carbocycles. The largest absolute Gasteiger partial charge is 0.358 e. The van der Waals surface area contributed by atoms with Gasteiger partial charge in [0, 0.05) is 30.9 Å². The summed E-state index contributed by atoms with van der Waals surface area (Å²) in [6, 6.07) is 7.34. The standard InChI is InChI=1S/C13H16N2O2S2/c1-15(9-7-11-5-4-10-18-11)13-12(19(2,16)17)6-3-8-14-13/h3-6,8,10H,7,9H2,1-2H3. The fourth-order valence-electron chi connectivity index (χ4n) is 1.80. The lowest BCUT2D eigenvalue weighted by Gasteiger charge is -2.19. The molecule has 0 saturated heterocycles. The van der Waals surface area contributed by atoms with Crippen molar-refractivity contribution in [1.82, 2.24) is 4.98 Å². The molecule has 2 heterocycles. The monoisotopic (exact) mass is 296 g/mol. The molecular formula is C13H16N2O2S2. The Kier molecular flexibility index (Phi) is 4.21. The van der Waals surface area contributed by atoms with Crippen LogP contribution in [-0.2, 0) is 16.3 Å². The average Bonchev–Trinajstić information content (AvgIpc) is 2.88. The Labute approximate surface area is 117 Å². The Bertz CT molecular complexity index is 636. The van der Waals surface area contributed by atoms with Gasteiger partial charge >= 0.3 is 0 Å². The SMILES string of the molecule is CN(CCc1cccs1)c1ncccc1S(C)(=O)=O. The minimum atomic E-state index is -3.25. The quantitative estimate of drug-likeness (QED) is 0.849. The zero-order valence-electron chi connectivity index (χ0n) is 10.9. The van der Waals surface area contributed by atoms with Crippen LogP contribution >= 0.6 is 11.3 Å². The second kappa shape index (κ2) is 5.71. The number of sulfone groups is 1. The van der Waals surface area contributed by atoms with E-state index in [1.54, 1.807) is 29.7 Å². The topological polar surface area (TPSA) is 50.3 Å². The normalized spacial score (nSPS) is 11.5. The number of thiophene rings is 1. The highest BCUT2D eigenvalue weighted by molar-refractivity contribution is 7.90. The molecule has 6 heteroatoms. The number of pyridine rings is 1. The molecule has 0 aromatic carbocycles. The molecular weight excluding hydrogens is 280 g/mol. The fourth-order valence-corrected chi connectivity index (χ4v) is 3.36. The van der Waals surface area contributed by atoms with E-state index < -0.39 is 9.84 Å². The number of aromatic nitrogens is 1. The maximum Gasteiger partial charge on any atom is 0.179 e. The number of nitrogens with zero attached hydrogens (tertiary/aromatic N) is 2. The molecule has 0 aliphatic rings. The Hall–Kier alpha value is -1.40. The van der Waals surface area contributed by atoms with Crippen LogP contribution in [0.3, 0.4) is 0 Å². The first-order valence-electron chi connectivity index (χ1n) is 5.87. The summed E-state index contributed by atoms with van der Waals surface area (Å²) >= 11 is 1.70. The number of hydrogen-bond acceptors (Lipinski definition) is 5. The van der Waals surface area contributed by atoms with Gasteiger partial charge in [-0.05, 0) is 30.0 Å². The third kappa shape index (κ3) is 3.54. The van der Waals surface area contributed by atoms with Crippen LogP contribution in [0.2, 0.25) is 0 Å². The zero-order valence-corrected chi connectivity index (χ0v) is 12.5. The van der Waals surface area contributed by atoms with Gasteiger partial charge in [0.2, 0.25) is 0 Å². The lowest BCUT2D eigenvalue weighted by atomic mass is 10.3. The predicted molar refractivity (Wildman–Crippen MR) is 78.6 cm³/mol. The number of anilines is 1. The van der Waals surface area contributed by atoms with Crippen LogP contribution in [0.15, 0.2) is 40.7 Å². The van der Waals surface area contributed by atoms with Gasteiger partial charge in [0.1, 0.15) is 10.7 Å². The average molecular weight is 296 g/mol. The van der Waals surface area contributed by atoms with Crippen LogP contribution in [0.4, 0.5) is 5.82 Å².